The van der Waals surface area contributed by atoms with Crippen LogP contribution in [0.1, 0.15) is 12.7 Å². The fraction of sp³-hybridized carbons (Fsp3) is 0.353. The third-order valence-electron chi connectivity index (χ3n) is 3.54. The summed E-state index contributed by atoms with van der Waals surface area (Å²) < 4.78 is 43.5. The van der Waals surface area contributed by atoms with E-state index in [0.29, 0.717) is 18.1 Å². The summed E-state index contributed by atoms with van der Waals surface area (Å²) in [7, 11) is -3.71. The first-order valence-electron chi connectivity index (χ1n) is 7.92. The first-order valence-corrected chi connectivity index (χ1v) is 10.9. The van der Waals surface area contributed by atoms with Crippen LogP contribution in [-0.4, -0.2) is 38.9 Å². The van der Waals surface area contributed by atoms with Crippen molar-refractivity contribution in [3.8, 4) is 0 Å². The van der Waals surface area contributed by atoms with Gasteiger partial charge in [0, 0.05) is 12.3 Å². The molecule has 1 N–H and O–H groups in total. The summed E-state index contributed by atoms with van der Waals surface area (Å²) >= 11 is 1.59. The fourth-order valence-electron chi connectivity index (χ4n) is 2.36. The molecular weight excluding hydrogens is 379 g/mol. The van der Waals surface area contributed by atoms with E-state index in [9.17, 15) is 17.6 Å². The van der Waals surface area contributed by atoms with Crippen LogP contribution in [0.15, 0.2) is 47.1 Å². The Morgan fingerprint density at radius 3 is 2.58 bits per heavy atom. The van der Waals surface area contributed by atoms with Crippen molar-refractivity contribution in [1.29, 1.82) is 0 Å². The van der Waals surface area contributed by atoms with Gasteiger partial charge in [0.15, 0.2) is 0 Å². The van der Waals surface area contributed by atoms with E-state index in [1.54, 1.807) is 18.0 Å². The summed E-state index contributed by atoms with van der Waals surface area (Å²) in [4.78, 5) is 12.3. The van der Waals surface area contributed by atoms with Crippen molar-refractivity contribution >= 4 is 33.4 Å². The summed E-state index contributed by atoms with van der Waals surface area (Å²) in [6.45, 7) is 1.89. The van der Waals surface area contributed by atoms with E-state index in [2.05, 4.69) is 5.32 Å². The molecule has 0 saturated carbocycles. The smallest absolute Gasteiger partial charge is 0.243 e. The van der Waals surface area contributed by atoms with Crippen LogP contribution < -0.4 is 9.62 Å². The third-order valence-corrected chi connectivity index (χ3v) is 5.76. The number of halogens is 1. The van der Waals surface area contributed by atoms with E-state index < -0.39 is 27.8 Å². The van der Waals surface area contributed by atoms with Gasteiger partial charge in [-0.15, -0.1) is 0 Å². The number of rotatable bonds is 9. The maximum atomic E-state index is 13.1. The zero-order valence-electron chi connectivity index (χ0n) is 14.5. The lowest BCUT2D eigenvalue weighted by molar-refractivity contribution is -0.121. The Kier molecular flexibility index (Phi) is 7.10. The van der Waals surface area contributed by atoms with Crippen LogP contribution in [-0.2, 0) is 20.6 Å². The monoisotopic (exact) mass is 400 g/mol. The lowest BCUT2D eigenvalue weighted by atomic mass is 10.2. The van der Waals surface area contributed by atoms with E-state index in [0.717, 1.165) is 28.5 Å². The molecule has 1 amide bonds. The topological polar surface area (TPSA) is 79.6 Å². The van der Waals surface area contributed by atoms with Crippen LogP contribution >= 0.6 is 11.8 Å². The Balaban J connectivity index is 1.91. The number of hydrogen-bond acceptors (Lipinski definition) is 5. The molecule has 1 aromatic carbocycles. The quantitative estimate of drug-likeness (QED) is 0.655. The number of nitrogens with zero attached hydrogens (tertiary/aromatic N) is 1. The number of carbonyl (C=O) groups excluding carboxylic acids is 1. The summed E-state index contributed by atoms with van der Waals surface area (Å²) in [5.74, 6) is 1.32. The molecule has 0 aliphatic carbocycles. The van der Waals surface area contributed by atoms with Gasteiger partial charge in [-0.2, -0.15) is 11.8 Å². The number of benzene rings is 1. The molecule has 0 bridgehead atoms. The van der Waals surface area contributed by atoms with Gasteiger partial charge in [-0.1, -0.05) is 0 Å². The fourth-order valence-corrected chi connectivity index (χ4v) is 4.29. The Hall–Kier alpha value is -2.00. The van der Waals surface area contributed by atoms with Gasteiger partial charge in [-0.05, 0) is 43.3 Å². The van der Waals surface area contributed by atoms with Crippen LogP contribution in [0.3, 0.4) is 0 Å². The zero-order chi connectivity index (χ0) is 19.2. The Bertz CT molecular complexity index is 808. The molecular formula is C17H21FN2O4S2. The van der Waals surface area contributed by atoms with Crippen molar-refractivity contribution in [1.82, 2.24) is 5.32 Å². The van der Waals surface area contributed by atoms with Gasteiger partial charge < -0.3 is 9.73 Å². The van der Waals surface area contributed by atoms with Crippen molar-refractivity contribution in [2.24, 2.45) is 0 Å². The average molecular weight is 400 g/mol. The predicted molar refractivity (Wildman–Crippen MR) is 101 cm³/mol. The highest BCUT2D eigenvalue weighted by Gasteiger charge is 2.28. The standard InChI is InChI=1S/C17H21FN2O4S2/c1-13(17(21)19-9-11-25-12-16-4-3-10-24-16)20(26(2,22)23)15-7-5-14(18)6-8-15/h3-8,10,13H,9,11-12H2,1-2H3,(H,19,21). The number of sulfonamides is 1. The SMILES string of the molecule is CC(C(=O)NCCSCc1ccco1)N(c1ccc(F)cc1)S(C)(=O)=O. The molecule has 6 nitrogen and oxygen atoms in total. The molecule has 0 fully saturated rings. The van der Waals surface area contributed by atoms with E-state index in [1.807, 2.05) is 12.1 Å². The molecule has 2 aromatic rings. The van der Waals surface area contributed by atoms with E-state index in [-0.39, 0.29) is 5.69 Å². The molecule has 1 aromatic heterocycles. The minimum absolute atomic E-state index is 0.240. The first-order chi connectivity index (χ1) is 12.3. The molecule has 0 aliphatic heterocycles. The Morgan fingerprint density at radius 2 is 2.00 bits per heavy atom. The van der Waals surface area contributed by atoms with Gasteiger partial charge >= 0.3 is 0 Å². The lowest BCUT2D eigenvalue weighted by Gasteiger charge is -2.28. The largest absolute Gasteiger partial charge is 0.468 e. The average Bonchev–Trinajstić information content (AvgIpc) is 3.08. The van der Waals surface area contributed by atoms with E-state index >= 15 is 0 Å². The molecule has 1 atom stereocenters. The molecule has 0 saturated heterocycles. The summed E-state index contributed by atoms with van der Waals surface area (Å²) in [5.41, 5.74) is 0.240. The van der Waals surface area contributed by atoms with Crippen LogP contribution in [0.25, 0.3) is 0 Å². The van der Waals surface area contributed by atoms with Crippen molar-refractivity contribution in [2.45, 2.75) is 18.7 Å². The Morgan fingerprint density at radius 1 is 1.31 bits per heavy atom. The molecule has 0 aliphatic rings. The molecule has 142 valence electrons. The van der Waals surface area contributed by atoms with Gasteiger partial charge in [0.25, 0.3) is 0 Å². The van der Waals surface area contributed by atoms with Gasteiger partial charge in [-0.25, -0.2) is 12.8 Å². The number of amides is 1. The van der Waals surface area contributed by atoms with Crippen molar-refractivity contribution in [2.75, 3.05) is 22.9 Å². The van der Waals surface area contributed by atoms with Crippen LogP contribution in [0, 0.1) is 5.82 Å². The minimum atomic E-state index is -3.71. The van der Waals surface area contributed by atoms with Gasteiger partial charge in [-0.3, -0.25) is 9.10 Å². The predicted octanol–water partition coefficient (Wildman–Crippen LogP) is 2.62. The van der Waals surface area contributed by atoms with Crippen LogP contribution in [0.2, 0.25) is 0 Å². The number of hydrogen-bond donors (Lipinski definition) is 1. The normalized spacial score (nSPS) is 12.6. The summed E-state index contributed by atoms with van der Waals surface area (Å²) in [6, 6.07) is 7.71. The van der Waals surface area contributed by atoms with Crippen molar-refractivity contribution < 1.29 is 22.0 Å². The number of thioether (sulfide) groups is 1. The van der Waals surface area contributed by atoms with Gasteiger partial charge in [0.2, 0.25) is 15.9 Å². The highest BCUT2D eigenvalue weighted by atomic mass is 32.2. The first kappa shape index (κ1) is 20.3. The molecule has 26 heavy (non-hydrogen) atoms. The van der Waals surface area contributed by atoms with Gasteiger partial charge in [0.05, 0.1) is 24.0 Å². The number of anilines is 1. The number of furan rings is 1. The highest BCUT2D eigenvalue weighted by molar-refractivity contribution is 7.98. The summed E-state index contributed by atoms with van der Waals surface area (Å²) in [5, 5.41) is 2.73. The lowest BCUT2D eigenvalue weighted by Crippen LogP contribution is -2.48. The highest BCUT2D eigenvalue weighted by Crippen LogP contribution is 2.21. The molecule has 1 unspecified atom stereocenters. The van der Waals surface area contributed by atoms with Gasteiger partial charge in [0.1, 0.15) is 17.6 Å². The zero-order valence-corrected chi connectivity index (χ0v) is 16.1. The number of carbonyl (C=O) groups is 1. The van der Waals surface area contributed by atoms with Crippen LogP contribution in [0.4, 0.5) is 10.1 Å². The maximum Gasteiger partial charge on any atom is 0.243 e. The molecule has 0 radical (unpaired) electrons. The van der Waals surface area contributed by atoms with Crippen molar-refractivity contribution in [3.63, 3.8) is 0 Å². The second kappa shape index (κ2) is 9.09. The minimum Gasteiger partial charge on any atom is -0.468 e. The maximum absolute atomic E-state index is 13.1. The Labute approximate surface area is 156 Å². The molecule has 1 heterocycles. The second-order valence-corrected chi connectivity index (χ2v) is 8.60. The van der Waals surface area contributed by atoms with Crippen LogP contribution in [0.5, 0.6) is 0 Å². The second-order valence-electron chi connectivity index (χ2n) is 5.63. The van der Waals surface area contributed by atoms with Crippen molar-refractivity contribution in [3.05, 3.63) is 54.2 Å². The molecule has 2 rings (SSSR count). The third kappa shape index (κ3) is 5.77. The van der Waals surface area contributed by atoms with E-state index in [4.69, 9.17) is 4.42 Å². The molecule has 9 heteroatoms. The molecule has 0 spiro atoms. The van der Waals surface area contributed by atoms with E-state index in [1.165, 1.54) is 19.1 Å². The summed E-state index contributed by atoms with van der Waals surface area (Å²) in [6.07, 6.45) is 2.62. The number of nitrogens with one attached hydrogen (secondary N) is 1.